The number of ether oxygens (including phenoxy) is 1. The fraction of sp³-hybridized carbons (Fsp3) is 0.870. The summed E-state index contributed by atoms with van der Waals surface area (Å²) in [7, 11) is 0. The molecule has 0 N–H and O–H groups in total. The lowest BCUT2D eigenvalue weighted by Gasteiger charge is -2.08. The van der Waals surface area contributed by atoms with Crippen molar-refractivity contribution >= 4 is 5.97 Å². The van der Waals surface area contributed by atoms with Crippen LogP contribution in [0.25, 0.3) is 0 Å². The van der Waals surface area contributed by atoms with E-state index in [1.807, 2.05) is 13.8 Å². The van der Waals surface area contributed by atoms with Crippen LogP contribution in [-0.4, -0.2) is 12.6 Å². The number of allylic oxidation sites excluding steroid dienone is 2. The molecule has 0 spiro atoms. The predicted molar refractivity (Wildman–Crippen MR) is 110 cm³/mol. The Labute approximate surface area is 157 Å². The largest absolute Gasteiger partial charge is 0.465 e. The average molecular weight is 353 g/mol. The first kappa shape index (κ1) is 24.2. The van der Waals surface area contributed by atoms with E-state index in [2.05, 4.69) is 19.1 Å². The summed E-state index contributed by atoms with van der Waals surface area (Å²) in [6.45, 7) is 6.83. The van der Waals surface area contributed by atoms with Gasteiger partial charge in [-0.3, -0.25) is 4.79 Å². The minimum absolute atomic E-state index is 0.0322. The minimum Gasteiger partial charge on any atom is -0.465 e. The molecule has 0 amide bonds. The van der Waals surface area contributed by atoms with E-state index in [9.17, 15) is 4.79 Å². The molecular formula is C23H44O2. The zero-order chi connectivity index (χ0) is 18.6. The van der Waals surface area contributed by atoms with E-state index in [1.165, 1.54) is 83.5 Å². The molecule has 0 bridgehead atoms. The molecule has 0 aromatic rings. The molecule has 0 aliphatic carbocycles. The van der Waals surface area contributed by atoms with E-state index in [0.717, 1.165) is 12.8 Å². The van der Waals surface area contributed by atoms with Gasteiger partial charge in [-0.05, 0) is 38.5 Å². The molecule has 0 saturated carbocycles. The van der Waals surface area contributed by atoms with Crippen molar-refractivity contribution in [2.45, 2.75) is 117 Å². The SMILES string of the molecule is CCCCCCCCC=CCCCCCCCCOC(=O)C(C)CC. The quantitative estimate of drug-likeness (QED) is 0.144. The van der Waals surface area contributed by atoms with Crippen molar-refractivity contribution in [3.8, 4) is 0 Å². The van der Waals surface area contributed by atoms with Crippen LogP contribution in [0.4, 0.5) is 0 Å². The third-order valence-electron chi connectivity index (χ3n) is 4.92. The summed E-state index contributed by atoms with van der Waals surface area (Å²) in [4.78, 5) is 11.5. The molecule has 1 unspecified atom stereocenters. The molecule has 0 aromatic heterocycles. The molecule has 2 heteroatoms. The van der Waals surface area contributed by atoms with Crippen LogP contribution in [0.2, 0.25) is 0 Å². The van der Waals surface area contributed by atoms with Crippen LogP contribution in [0.15, 0.2) is 12.2 Å². The second-order valence-corrected chi connectivity index (χ2v) is 7.41. The Balaban J connectivity index is 3.18. The van der Waals surface area contributed by atoms with E-state index < -0.39 is 0 Å². The second kappa shape index (κ2) is 19.5. The topological polar surface area (TPSA) is 26.3 Å². The summed E-state index contributed by atoms with van der Waals surface area (Å²) >= 11 is 0. The Hall–Kier alpha value is -0.790. The fourth-order valence-electron chi connectivity index (χ4n) is 2.83. The number of hydrogen-bond donors (Lipinski definition) is 0. The summed E-state index contributed by atoms with van der Waals surface area (Å²) in [5, 5.41) is 0. The van der Waals surface area contributed by atoms with Crippen LogP contribution in [0, 0.1) is 5.92 Å². The van der Waals surface area contributed by atoms with Crippen LogP contribution in [0.3, 0.4) is 0 Å². The molecule has 0 radical (unpaired) electrons. The molecule has 0 fully saturated rings. The summed E-state index contributed by atoms with van der Waals surface area (Å²) in [6.07, 6.45) is 23.9. The maximum Gasteiger partial charge on any atom is 0.308 e. The van der Waals surface area contributed by atoms with Gasteiger partial charge in [0.1, 0.15) is 0 Å². The van der Waals surface area contributed by atoms with Crippen LogP contribution in [-0.2, 0) is 9.53 Å². The van der Waals surface area contributed by atoms with Crippen molar-refractivity contribution in [1.82, 2.24) is 0 Å². The van der Waals surface area contributed by atoms with Gasteiger partial charge >= 0.3 is 5.97 Å². The minimum atomic E-state index is -0.0322. The lowest BCUT2D eigenvalue weighted by molar-refractivity contribution is -0.148. The van der Waals surface area contributed by atoms with Gasteiger partial charge in [0.15, 0.2) is 0 Å². The number of esters is 1. The molecule has 0 saturated heterocycles. The molecule has 0 heterocycles. The van der Waals surface area contributed by atoms with Gasteiger partial charge in [0.05, 0.1) is 12.5 Å². The summed E-state index contributed by atoms with van der Waals surface area (Å²) < 4.78 is 5.27. The molecule has 1 atom stereocenters. The molecule has 0 aliphatic heterocycles. The van der Waals surface area contributed by atoms with E-state index >= 15 is 0 Å². The van der Waals surface area contributed by atoms with Crippen molar-refractivity contribution in [3.63, 3.8) is 0 Å². The van der Waals surface area contributed by atoms with Crippen molar-refractivity contribution in [2.24, 2.45) is 5.92 Å². The lowest BCUT2D eigenvalue weighted by Crippen LogP contribution is -2.14. The maximum absolute atomic E-state index is 11.5. The number of carbonyl (C=O) groups is 1. The Morgan fingerprint density at radius 3 is 1.76 bits per heavy atom. The van der Waals surface area contributed by atoms with Crippen molar-refractivity contribution < 1.29 is 9.53 Å². The summed E-state index contributed by atoms with van der Waals surface area (Å²) in [5.41, 5.74) is 0. The Morgan fingerprint density at radius 1 is 0.760 bits per heavy atom. The zero-order valence-electron chi connectivity index (χ0n) is 17.4. The van der Waals surface area contributed by atoms with Gasteiger partial charge in [-0.15, -0.1) is 0 Å². The van der Waals surface area contributed by atoms with E-state index in [-0.39, 0.29) is 11.9 Å². The molecule has 0 rings (SSSR count). The second-order valence-electron chi connectivity index (χ2n) is 7.41. The first-order valence-electron chi connectivity index (χ1n) is 11.0. The monoisotopic (exact) mass is 352 g/mol. The third kappa shape index (κ3) is 17.8. The van der Waals surface area contributed by atoms with Gasteiger partial charge in [0, 0.05) is 0 Å². The van der Waals surface area contributed by atoms with Gasteiger partial charge in [-0.25, -0.2) is 0 Å². The highest BCUT2D eigenvalue weighted by atomic mass is 16.5. The van der Waals surface area contributed by atoms with Crippen LogP contribution < -0.4 is 0 Å². The Kier molecular flexibility index (Phi) is 18.9. The highest BCUT2D eigenvalue weighted by Crippen LogP contribution is 2.10. The number of rotatable bonds is 18. The standard InChI is InChI=1S/C23H44O2/c1-4-6-7-8-9-10-11-12-13-14-15-16-17-18-19-20-21-25-23(24)22(3)5-2/h12-13,22H,4-11,14-21H2,1-3H3. The summed E-state index contributed by atoms with van der Waals surface area (Å²) in [5.74, 6) is 0.0179. The summed E-state index contributed by atoms with van der Waals surface area (Å²) in [6, 6.07) is 0. The van der Waals surface area contributed by atoms with E-state index in [1.54, 1.807) is 0 Å². The average Bonchev–Trinajstić information content (AvgIpc) is 2.63. The molecule has 0 aromatic carbocycles. The predicted octanol–water partition coefficient (Wildman–Crippen LogP) is 7.61. The maximum atomic E-state index is 11.5. The zero-order valence-corrected chi connectivity index (χ0v) is 17.4. The molecule has 2 nitrogen and oxygen atoms in total. The van der Waals surface area contributed by atoms with Gasteiger partial charge in [-0.2, -0.15) is 0 Å². The van der Waals surface area contributed by atoms with Crippen molar-refractivity contribution in [3.05, 3.63) is 12.2 Å². The molecular weight excluding hydrogens is 308 g/mol. The normalized spacial score (nSPS) is 12.6. The van der Waals surface area contributed by atoms with Crippen LogP contribution in [0.5, 0.6) is 0 Å². The van der Waals surface area contributed by atoms with Gasteiger partial charge in [-0.1, -0.05) is 90.7 Å². The van der Waals surface area contributed by atoms with E-state index in [0.29, 0.717) is 6.61 Å². The molecule has 0 aliphatic rings. The highest BCUT2D eigenvalue weighted by Gasteiger charge is 2.10. The Morgan fingerprint density at radius 2 is 1.24 bits per heavy atom. The van der Waals surface area contributed by atoms with Crippen LogP contribution in [0.1, 0.15) is 117 Å². The highest BCUT2D eigenvalue weighted by molar-refractivity contribution is 5.71. The first-order valence-corrected chi connectivity index (χ1v) is 11.0. The van der Waals surface area contributed by atoms with Gasteiger partial charge < -0.3 is 4.74 Å². The van der Waals surface area contributed by atoms with Gasteiger partial charge in [0.2, 0.25) is 0 Å². The fourth-order valence-corrected chi connectivity index (χ4v) is 2.83. The molecule has 148 valence electrons. The van der Waals surface area contributed by atoms with Crippen molar-refractivity contribution in [2.75, 3.05) is 6.61 Å². The van der Waals surface area contributed by atoms with Crippen molar-refractivity contribution in [1.29, 1.82) is 0 Å². The lowest BCUT2D eigenvalue weighted by atomic mass is 10.1. The Bertz CT molecular complexity index is 309. The number of unbranched alkanes of at least 4 members (excludes halogenated alkanes) is 12. The third-order valence-corrected chi connectivity index (χ3v) is 4.92. The molecule has 25 heavy (non-hydrogen) atoms. The van der Waals surface area contributed by atoms with Gasteiger partial charge in [0.25, 0.3) is 0 Å². The van der Waals surface area contributed by atoms with E-state index in [4.69, 9.17) is 4.74 Å². The number of carbonyl (C=O) groups excluding carboxylic acids is 1. The number of hydrogen-bond acceptors (Lipinski definition) is 2. The first-order chi connectivity index (χ1) is 12.2. The smallest absolute Gasteiger partial charge is 0.308 e. The van der Waals surface area contributed by atoms with Crippen LogP contribution >= 0.6 is 0 Å².